The second-order valence-corrected chi connectivity index (χ2v) is 6.05. The van der Waals surface area contributed by atoms with Gasteiger partial charge >= 0.3 is 6.18 Å². The molecular weight excluding hydrogens is 291 g/mol. The maximum atomic E-state index is 12.8. The van der Waals surface area contributed by atoms with E-state index in [1.807, 2.05) is 0 Å². The van der Waals surface area contributed by atoms with Gasteiger partial charge in [0.05, 0.1) is 5.56 Å². The number of hydrogen-bond donors (Lipinski definition) is 1. The van der Waals surface area contributed by atoms with E-state index >= 15 is 0 Å². The lowest BCUT2D eigenvalue weighted by molar-refractivity contribution is -0.137. The zero-order valence-electron chi connectivity index (χ0n) is 12.6. The van der Waals surface area contributed by atoms with Crippen LogP contribution in [0.15, 0.2) is 24.3 Å². The van der Waals surface area contributed by atoms with E-state index in [9.17, 15) is 13.2 Å². The predicted octanol–water partition coefficient (Wildman–Crippen LogP) is 2.58. The molecule has 1 aromatic carbocycles. The van der Waals surface area contributed by atoms with Gasteiger partial charge in [0, 0.05) is 37.9 Å². The van der Waals surface area contributed by atoms with Crippen LogP contribution in [0.3, 0.4) is 0 Å². The van der Waals surface area contributed by atoms with Crippen LogP contribution < -0.4 is 10.2 Å². The van der Waals surface area contributed by atoms with Crippen LogP contribution >= 0.6 is 0 Å². The maximum Gasteiger partial charge on any atom is 0.416 e. The average molecular weight is 313 g/mol. The van der Waals surface area contributed by atoms with Crippen LogP contribution in [0.4, 0.5) is 18.9 Å². The third kappa shape index (κ3) is 3.55. The topological polar surface area (TPSA) is 18.5 Å². The Morgan fingerprint density at radius 1 is 1.00 bits per heavy atom. The van der Waals surface area contributed by atoms with Crippen molar-refractivity contribution in [2.24, 2.45) is 0 Å². The van der Waals surface area contributed by atoms with Crippen molar-refractivity contribution in [2.75, 3.05) is 44.2 Å². The normalized spacial score (nSPS) is 22.0. The smallest absolute Gasteiger partial charge is 0.369 e. The van der Waals surface area contributed by atoms with Gasteiger partial charge in [-0.3, -0.25) is 4.90 Å². The first-order valence-electron chi connectivity index (χ1n) is 7.91. The van der Waals surface area contributed by atoms with Crippen LogP contribution in [0, 0.1) is 0 Å². The number of halogens is 3. The first-order chi connectivity index (χ1) is 10.5. The summed E-state index contributed by atoms with van der Waals surface area (Å²) in [6, 6.07) is 6.30. The summed E-state index contributed by atoms with van der Waals surface area (Å²) in [7, 11) is 0. The zero-order chi connectivity index (χ0) is 15.6. The number of piperazine rings is 1. The van der Waals surface area contributed by atoms with E-state index in [1.165, 1.54) is 25.0 Å². The lowest BCUT2D eigenvalue weighted by Gasteiger charge is -2.41. The van der Waals surface area contributed by atoms with Crippen LogP contribution in [-0.2, 0) is 6.18 Å². The van der Waals surface area contributed by atoms with Gasteiger partial charge in [-0.05, 0) is 44.1 Å². The zero-order valence-corrected chi connectivity index (χ0v) is 12.6. The van der Waals surface area contributed by atoms with Crippen molar-refractivity contribution in [3.8, 4) is 0 Å². The van der Waals surface area contributed by atoms with Crippen molar-refractivity contribution in [3.05, 3.63) is 29.8 Å². The van der Waals surface area contributed by atoms with E-state index < -0.39 is 11.7 Å². The second kappa shape index (κ2) is 6.46. The quantitative estimate of drug-likeness (QED) is 0.905. The molecule has 0 atom stereocenters. The van der Waals surface area contributed by atoms with Gasteiger partial charge < -0.3 is 10.2 Å². The number of piperidine rings is 1. The molecular formula is C16H22F3N3. The Morgan fingerprint density at radius 3 is 2.32 bits per heavy atom. The number of benzene rings is 1. The Labute approximate surface area is 129 Å². The van der Waals surface area contributed by atoms with Crippen molar-refractivity contribution in [1.29, 1.82) is 0 Å². The summed E-state index contributed by atoms with van der Waals surface area (Å²) >= 11 is 0. The fourth-order valence-electron chi connectivity index (χ4n) is 3.40. The van der Waals surface area contributed by atoms with Crippen LogP contribution in [0.2, 0.25) is 0 Å². The monoisotopic (exact) mass is 313 g/mol. The highest BCUT2D eigenvalue weighted by molar-refractivity contribution is 5.49. The molecule has 0 amide bonds. The minimum atomic E-state index is -4.27. The Hall–Kier alpha value is -1.27. The summed E-state index contributed by atoms with van der Waals surface area (Å²) < 4.78 is 38.4. The van der Waals surface area contributed by atoms with Crippen molar-refractivity contribution in [2.45, 2.75) is 25.1 Å². The molecule has 0 spiro atoms. The standard InChI is InChI=1S/C16H22F3N3/c17-16(18,19)13-2-1-3-15(12-13)22-10-8-21(9-11-22)14-4-6-20-7-5-14/h1-3,12,14,20H,4-11H2. The Balaban J connectivity index is 1.61. The highest BCUT2D eigenvalue weighted by Gasteiger charge is 2.31. The third-order valence-corrected chi connectivity index (χ3v) is 4.68. The first-order valence-corrected chi connectivity index (χ1v) is 7.91. The van der Waals surface area contributed by atoms with Gasteiger partial charge in [-0.1, -0.05) is 6.07 Å². The molecule has 0 saturated carbocycles. The number of nitrogens with zero attached hydrogens (tertiary/aromatic N) is 2. The Morgan fingerprint density at radius 2 is 1.68 bits per heavy atom. The molecule has 2 aliphatic rings. The van der Waals surface area contributed by atoms with Gasteiger partial charge in [0.1, 0.15) is 0 Å². The molecule has 0 aromatic heterocycles. The Kier molecular flexibility index (Phi) is 4.59. The summed E-state index contributed by atoms with van der Waals surface area (Å²) in [4.78, 5) is 4.55. The summed E-state index contributed by atoms with van der Waals surface area (Å²) in [5.74, 6) is 0. The molecule has 2 aliphatic heterocycles. The first kappa shape index (κ1) is 15.6. The van der Waals surface area contributed by atoms with E-state index in [0.29, 0.717) is 11.7 Å². The molecule has 0 bridgehead atoms. The molecule has 6 heteroatoms. The number of rotatable bonds is 2. The van der Waals surface area contributed by atoms with E-state index in [4.69, 9.17) is 0 Å². The highest BCUT2D eigenvalue weighted by atomic mass is 19.4. The molecule has 3 nitrogen and oxygen atoms in total. The van der Waals surface area contributed by atoms with Gasteiger partial charge in [-0.2, -0.15) is 13.2 Å². The molecule has 0 unspecified atom stereocenters. The lowest BCUT2D eigenvalue weighted by atomic mass is 10.0. The summed E-state index contributed by atoms with van der Waals surface area (Å²) in [5, 5.41) is 3.37. The van der Waals surface area contributed by atoms with Gasteiger partial charge in [0.2, 0.25) is 0 Å². The summed E-state index contributed by atoms with van der Waals surface area (Å²) in [6.07, 6.45) is -1.93. The molecule has 3 rings (SSSR count). The van der Waals surface area contributed by atoms with Gasteiger partial charge in [-0.25, -0.2) is 0 Å². The molecule has 122 valence electrons. The third-order valence-electron chi connectivity index (χ3n) is 4.68. The molecule has 22 heavy (non-hydrogen) atoms. The predicted molar refractivity (Wildman–Crippen MR) is 81.1 cm³/mol. The second-order valence-electron chi connectivity index (χ2n) is 6.05. The van der Waals surface area contributed by atoms with Crippen LogP contribution in [0.5, 0.6) is 0 Å². The fraction of sp³-hybridized carbons (Fsp3) is 0.625. The SMILES string of the molecule is FC(F)(F)c1cccc(N2CCN(C3CCNCC3)CC2)c1. The maximum absolute atomic E-state index is 12.8. The van der Waals surface area contributed by atoms with E-state index in [0.717, 1.165) is 45.3 Å². The van der Waals surface area contributed by atoms with E-state index in [2.05, 4.69) is 15.1 Å². The average Bonchev–Trinajstić information content (AvgIpc) is 2.55. The van der Waals surface area contributed by atoms with Gasteiger partial charge in [0.25, 0.3) is 0 Å². The summed E-state index contributed by atoms with van der Waals surface area (Å²) in [5.41, 5.74) is 0.116. The molecule has 2 heterocycles. The molecule has 2 fully saturated rings. The molecule has 0 radical (unpaired) electrons. The number of hydrogen-bond acceptors (Lipinski definition) is 3. The van der Waals surface area contributed by atoms with Crippen molar-refractivity contribution in [3.63, 3.8) is 0 Å². The largest absolute Gasteiger partial charge is 0.416 e. The molecule has 0 aliphatic carbocycles. The van der Waals surface area contributed by atoms with Crippen molar-refractivity contribution in [1.82, 2.24) is 10.2 Å². The number of alkyl halides is 3. The molecule has 1 N–H and O–H groups in total. The lowest BCUT2D eigenvalue weighted by Crippen LogP contribution is -2.52. The van der Waals surface area contributed by atoms with Crippen LogP contribution in [0.1, 0.15) is 18.4 Å². The van der Waals surface area contributed by atoms with Crippen LogP contribution in [0.25, 0.3) is 0 Å². The molecule has 2 saturated heterocycles. The van der Waals surface area contributed by atoms with Gasteiger partial charge in [-0.15, -0.1) is 0 Å². The van der Waals surface area contributed by atoms with Crippen LogP contribution in [-0.4, -0.2) is 50.2 Å². The summed E-state index contributed by atoms with van der Waals surface area (Å²) in [6.45, 7) is 5.59. The van der Waals surface area contributed by atoms with E-state index in [-0.39, 0.29) is 0 Å². The minimum absolute atomic E-state index is 0.564. The highest BCUT2D eigenvalue weighted by Crippen LogP contribution is 2.32. The molecule has 1 aromatic rings. The Bertz CT molecular complexity index is 490. The van der Waals surface area contributed by atoms with E-state index in [1.54, 1.807) is 6.07 Å². The van der Waals surface area contributed by atoms with Crippen molar-refractivity contribution >= 4 is 5.69 Å². The van der Waals surface area contributed by atoms with Gasteiger partial charge in [0.15, 0.2) is 0 Å². The number of anilines is 1. The minimum Gasteiger partial charge on any atom is -0.369 e. The fourth-order valence-corrected chi connectivity index (χ4v) is 3.40. The number of nitrogens with one attached hydrogen (secondary N) is 1. The van der Waals surface area contributed by atoms with Crippen molar-refractivity contribution < 1.29 is 13.2 Å².